The Labute approximate surface area is 626 Å². The number of phosphoric acid groups is 2. The number of aliphatic hydroxyl groups is 1. The van der Waals surface area contributed by atoms with Crippen molar-refractivity contribution < 1.29 is 80.2 Å². The van der Waals surface area contributed by atoms with Crippen molar-refractivity contribution >= 4 is 39.5 Å². The molecule has 102 heavy (non-hydrogen) atoms. The van der Waals surface area contributed by atoms with Gasteiger partial charge in [-0.2, -0.15) is 0 Å². The van der Waals surface area contributed by atoms with E-state index in [1.807, 2.05) is 0 Å². The SMILES string of the molecule is CCCCCCCCCCCCCCCCCCCCCCC(=O)O[C@H](COC(=O)CCCCCCCCCCCCCCCCCCC)COP(=O)(O)OC[C@@H](O)COP(=O)(O)OC[C@@H](COC(=O)CCCCCCCCCCCCC)OC(=O)CCCCCCCCCCCCCCCC. The Morgan fingerprint density at radius 2 is 0.392 bits per heavy atom. The number of rotatable bonds is 84. The molecule has 0 saturated heterocycles. The van der Waals surface area contributed by atoms with Gasteiger partial charge in [-0.05, 0) is 25.7 Å². The van der Waals surface area contributed by atoms with E-state index in [1.165, 1.54) is 283 Å². The lowest BCUT2D eigenvalue weighted by Crippen LogP contribution is -2.30. The molecule has 0 aromatic rings. The molecule has 0 aromatic carbocycles. The number of aliphatic hydroxyl groups excluding tert-OH is 1. The number of hydrogen-bond acceptors (Lipinski definition) is 15. The molecule has 0 fully saturated rings. The number of phosphoric ester groups is 2. The molecule has 2 unspecified atom stereocenters. The van der Waals surface area contributed by atoms with Crippen LogP contribution in [0.1, 0.15) is 451 Å². The monoisotopic (exact) mass is 1490 g/mol. The van der Waals surface area contributed by atoms with Crippen molar-refractivity contribution in [1.82, 2.24) is 0 Å². The molecule has 0 aliphatic heterocycles. The molecule has 19 heteroatoms. The van der Waals surface area contributed by atoms with Crippen molar-refractivity contribution in [2.45, 2.75) is 470 Å². The van der Waals surface area contributed by atoms with Crippen LogP contribution in [0.3, 0.4) is 0 Å². The topological polar surface area (TPSA) is 237 Å². The van der Waals surface area contributed by atoms with Gasteiger partial charge in [0, 0.05) is 25.7 Å². The van der Waals surface area contributed by atoms with Crippen LogP contribution < -0.4 is 0 Å². The Hall–Kier alpha value is -1.94. The van der Waals surface area contributed by atoms with Crippen LogP contribution in [0.2, 0.25) is 0 Å². The first-order chi connectivity index (χ1) is 49.7. The maximum absolute atomic E-state index is 13.1. The smallest absolute Gasteiger partial charge is 0.462 e. The Morgan fingerprint density at radius 1 is 0.235 bits per heavy atom. The number of carbonyl (C=O) groups is 4. The maximum atomic E-state index is 13.1. The lowest BCUT2D eigenvalue weighted by molar-refractivity contribution is -0.161. The molecule has 3 N–H and O–H groups in total. The van der Waals surface area contributed by atoms with Crippen LogP contribution in [0, 0.1) is 0 Å². The third-order valence-electron chi connectivity index (χ3n) is 19.6. The van der Waals surface area contributed by atoms with Crippen LogP contribution in [0.4, 0.5) is 0 Å². The van der Waals surface area contributed by atoms with Crippen molar-refractivity contribution in [3.63, 3.8) is 0 Å². The van der Waals surface area contributed by atoms with Crippen molar-refractivity contribution in [3.8, 4) is 0 Å². The highest BCUT2D eigenvalue weighted by atomic mass is 31.2. The Bertz CT molecular complexity index is 1930. The normalized spacial score (nSPS) is 13.8. The third-order valence-corrected chi connectivity index (χ3v) is 21.5. The standard InChI is InChI=1S/C83H162O17P2/c1-5-9-13-17-21-25-29-32-35-37-38-39-41-43-46-50-54-58-62-66-70-83(88)100-79(74-94-81(86)68-64-60-56-52-48-45-42-40-36-33-30-26-22-18-14-10-6-2)76-98-102(91,92)96-72-77(84)71-95-101(89,90)97-75-78(73-93-80(85)67-63-59-55-51-47-28-24-20-16-12-8-4)99-82(87)69-65-61-57-53-49-44-34-31-27-23-19-15-11-7-3/h77-79,84H,5-76H2,1-4H3,(H,89,90)(H,91,92)/t77-,78+,79+/m0/s1. The number of esters is 4. The maximum Gasteiger partial charge on any atom is 0.472 e. The number of hydrogen-bond donors (Lipinski definition) is 3. The highest BCUT2D eigenvalue weighted by Crippen LogP contribution is 2.45. The van der Waals surface area contributed by atoms with E-state index in [0.29, 0.717) is 25.7 Å². The van der Waals surface area contributed by atoms with Crippen molar-refractivity contribution in [1.29, 1.82) is 0 Å². The van der Waals surface area contributed by atoms with Crippen LogP contribution in [0.25, 0.3) is 0 Å². The van der Waals surface area contributed by atoms with Gasteiger partial charge < -0.3 is 33.8 Å². The highest BCUT2D eigenvalue weighted by molar-refractivity contribution is 7.47. The fourth-order valence-corrected chi connectivity index (χ4v) is 14.6. The zero-order valence-corrected chi connectivity index (χ0v) is 68.4. The Kier molecular flexibility index (Phi) is 75.8. The number of ether oxygens (including phenoxy) is 4. The van der Waals surface area contributed by atoms with Crippen LogP contribution in [0.5, 0.6) is 0 Å². The minimum absolute atomic E-state index is 0.109. The summed E-state index contributed by atoms with van der Waals surface area (Å²) >= 11 is 0. The third kappa shape index (κ3) is 76.3. The van der Waals surface area contributed by atoms with E-state index in [0.717, 1.165) is 89.9 Å². The van der Waals surface area contributed by atoms with E-state index < -0.39 is 97.5 Å². The summed E-state index contributed by atoms with van der Waals surface area (Å²) in [5.41, 5.74) is 0. The van der Waals surface area contributed by atoms with E-state index in [2.05, 4.69) is 27.7 Å². The zero-order chi connectivity index (χ0) is 74.6. The average Bonchev–Trinajstić information content (AvgIpc) is 0.925. The van der Waals surface area contributed by atoms with Gasteiger partial charge >= 0.3 is 39.5 Å². The van der Waals surface area contributed by atoms with Gasteiger partial charge in [0.15, 0.2) is 12.2 Å². The van der Waals surface area contributed by atoms with Crippen molar-refractivity contribution in [2.75, 3.05) is 39.6 Å². The summed E-state index contributed by atoms with van der Waals surface area (Å²) in [5, 5.41) is 10.7. The van der Waals surface area contributed by atoms with Gasteiger partial charge in [-0.1, -0.05) is 400 Å². The van der Waals surface area contributed by atoms with Gasteiger partial charge in [0.2, 0.25) is 0 Å². The lowest BCUT2D eigenvalue weighted by atomic mass is 10.0. The quantitative estimate of drug-likeness (QED) is 0.0222. The van der Waals surface area contributed by atoms with E-state index in [1.54, 1.807) is 0 Å². The molecular weight excluding hydrogens is 1330 g/mol. The molecule has 5 atom stereocenters. The van der Waals surface area contributed by atoms with E-state index in [-0.39, 0.29) is 25.7 Å². The molecule has 0 rings (SSSR count). The summed E-state index contributed by atoms with van der Waals surface area (Å²) < 4.78 is 68.8. The van der Waals surface area contributed by atoms with E-state index >= 15 is 0 Å². The molecule has 0 aromatic heterocycles. The van der Waals surface area contributed by atoms with Gasteiger partial charge in [-0.15, -0.1) is 0 Å². The van der Waals surface area contributed by atoms with Crippen LogP contribution in [-0.2, 0) is 65.4 Å². The van der Waals surface area contributed by atoms with E-state index in [9.17, 15) is 43.2 Å². The van der Waals surface area contributed by atoms with Gasteiger partial charge in [0.25, 0.3) is 0 Å². The predicted octanol–water partition coefficient (Wildman–Crippen LogP) is 25.4. The summed E-state index contributed by atoms with van der Waals surface area (Å²) in [6, 6.07) is 0. The second-order valence-corrected chi connectivity index (χ2v) is 32.8. The minimum Gasteiger partial charge on any atom is -0.462 e. The summed E-state index contributed by atoms with van der Waals surface area (Å²) in [4.78, 5) is 73.1. The van der Waals surface area contributed by atoms with Gasteiger partial charge in [-0.3, -0.25) is 37.3 Å². The Morgan fingerprint density at radius 3 is 0.578 bits per heavy atom. The molecule has 0 saturated carbocycles. The van der Waals surface area contributed by atoms with E-state index in [4.69, 9.17) is 37.0 Å². The highest BCUT2D eigenvalue weighted by Gasteiger charge is 2.30. The van der Waals surface area contributed by atoms with Crippen molar-refractivity contribution in [2.24, 2.45) is 0 Å². The van der Waals surface area contributed by atoms with Gasteiger partial charge in [0.05, 0.1) is 26.4 Å². The lowest BCUT2D eigenvalue weighted by Gasteiger charge is -2.21. The molecule has 17 nitrogen and oxygen atoms in total. The fourth-order valence-electron chi connectivity index (χ4n) is 13.0. The summed E-state index contributed by atoms with van der Waals surface area (Å²) in [6.07, 6.45) is 70.7. The minimum atomic E-state index is -4.96. The summed E-state index contributed by atoms with van der Waals surface area (Å²) in [6.45, 7) is 5.04. The van der Waals surface area contributed by atoms with Crippen LogP contribution in [0.15, 0.2) is 0 Å². The predicted molar refractivity (Wildman–Crippen MR) is 419 cm³/mol. The molecule has 0 spiro atoms. The molecule has 0 heterocycles. The summed E-state index contributed by atoms with van der Waals surface area (Å²) in [5.74, 6) is -2.10. The second kappa shape index (κ2) is 77.2. The molecule has 0 bridgehead atoms. The second-order valence-electron chi connectivity index (χ2n) is 29.9. The van der Waals surface area contributed by atoms with Gasteiger partial charge in [0.1, 0.15) is 19.3 Å². The molecule has 606 valence electrons. The Balaban J connectivity index is 5.23. The van der Waals surface area contributed by atoms with Crippen molar-refractivity contribution in [3.05, 3.63) is 0 Å². The first kappa shape index (κ1) is 100. The van der Waals surface area contributed by atoms with Crippen LogP contribution in [-0.4, -0.2) is 96.7 Å². The molecule has 0 aliphatic carbocycles. The largest absolute Gasteiger partial charge is 0.472 e. The first-order valence-corrected chi connectivity index (χ1v) is 46.3. The average molecular weight is 1490 g/mol. The zero-order valence-electron chi connectivity index (χ0n) is 66.6. The molecule has 0 radical (unpaired) electrons. The number of carbonyl (C=O) groups excluding carboxylic acids is 4. The molecular formula is C83H162O17P2. The first-order valence-electron chi connectivity index (χ1n) is 43.3. The van der Waals surface area contributed by atoms with Gasteiger partial charge in [-0.25, -0.2) is 9.13 Å². The molecule has 0 amide bonds. The fraction of sp³-hybridized carbons (Fsp3) is 0.952. The summed E-state index contributed by atoms with van der Waals surface area (Å²) in [7, 11) is -9.92. The molecule has 0 aliphatic rings. The number of unbranched alkanes of at least 4 members (excludes halogenated alkanes) is 58. The van der Waals surface area contributed by atoms with Crippen LogP contribution >= 0.6 is 15.6 Å².